The molecule has 2 heterocycles. The maximum Gasteiger partial charge on any atom is 0.237 e. The summed E-state index contributed by atoms with van der Waals surface area (Å²) in [5.74, 6) is 1.01. The number of hydrogen-bond donors (Lipinski definition) is 1. The van der Waals surface area contributed by atoms with Gasteiger partial charge in [0.1, 0.15) is 5.82 Å². The topological polar surface area (TPSA) is 52.2 Å². The van der Waals surface area contributed by atoms with Crippen LogP contribution in [-0.4, -0.2) is 41.4 Å². The van der Waals surface area contributed by atoms with Crippen LogP contribution in [0.1, 0.15) is 62.5 Å². The molecule has 5 heteroatoms. The quantitative estimate of drug-likeness (QED) is 0.473. The van der Waals surface area contributed by atoms with Crippen molar-refractivity contribution >= 4 is 34.8 Å². The molecule has 0 spiro atoms. The van der Waals surface area contributed by atoms with Gasteiger partial charge in [-0.25, -0.2) is 4.98 Å². The van der Waals surface area contributed by atoms with E-state index in [0.717, 1.165) is 66.0 Å². The molecule has 0 saturated carbocycles. The minimum atomic E-state index is -0.510. The van der Waals surface area contributed by atoms with E-state index in [9.17, 15) is 4.79 Å². The van der Waals surface area contributed by atoms with Crippen molar-refractivity contribution in [2.75, 3.05) is 25.5 Å². The average molecular weight is 431 g/mol. The second-order valence-corrected chi connectivity index (χ2v) is 9.61. The highest BCUT2D eigenvalue weighted by atomic mass is 16.2. The Bertz CT molecular complexity index is 1160. The van der Waals surface area contributed by atoms with Crippen molar-refractivity contribution in [3.05, 3.63) is 58.9 Å². The normalized spacial score (nSPS) is 15.4. The summed E-state index contributed by atoms with van der Waals surface area (Å²) in [6.45, 7) is 7.93. The molecule has 4 rings (SSSR count). The molecule has 0 unspecified atom stereocenters. The van der Waals surface area contributed by atoms with Gasteiger partial charge in [0, 0.05) is 13.1 Å². The lowest BCUT2D eigenvalue weighted by Crippen LogP contribution is -2.36. The number of aromatic amines is 1. The lowest BCUT2D eigenvalue weighted by molar-refractivity contribution is -0.122. The van der Waals surface area contributed by atoms with Crippen molar-refractivity contribution in [2.45, 2.75) is 52.0 Å². The third kappa shape index (κ3) is 4.35. The number of nitrogens with one attached hydrogen (secondary N) is 1. The van der Waals surface area contributed by atoms with Crippen LogP contribution >= 0.6 is 0 Å². The maximum absolute atomic E-state index is 13.1. The predicted molar refractivity (Wildman–Crippen MR) is 134 cm³/mol. The van der Waals surface area contributed by atoms with Gasteiger partial charge in [0.2, 0.25) is 5.91 Å². The first-order valence-electron chi connectivity index (χ1n) is 11.6. The second kappa shape index (κ2) is 8.91. The summed E-state index contributed by atoms with van der Waals surface area (Å²) in [5, 5.41) is 0. The van der Waals surface area contributed by atoms with Gasteiger partial charge >= 0.3 is 0 Å². The van der Waals surface area contributed by atoms with Gasteiger partial charge in [-0.15, -0.1) is 0 Å². The fourth-order valence-corrected chi connectivity index (χ4v) is 4.51. The van der Waals surface area contributed by atoms with Crippen molar-refractivity contribution in [2.24, 2.45) is 0 Å². The number of imidazole rings is 1. The minimum Gasteiger partial charge on any atom is -0.338 e. The fraction of sp³-hybridized carbons (Fsp3) is 0.407. The number of carbonyl (C=O) groups excluding carboxylic acids is 1. The van der Waals surface area contributed by atoms with Gasteiger partial charge in [-0.2, -0.15) is 0 Å². The standard InChI is InChI=1S/C27H34N4O/c1-6-7-8-14-31-24-17-23-22(16-21(24)27(2,3)26(31)32)28-25(29-23)13-12-19-10-9-11-20(15-19)18-30(4)5/h9-13,15-17H,6-8,14,18H2,1-5H3,(H,28,29)/b13-12+. The van der Waals surface area contributed by atoms with Crippen molar-refractivity contribution < 1.29 is 4.79 Å². The number of H-pyrrole nitrogens is 1. The van der Waals surface area contributed by atoms with Crippen LogP contribution in [0, 0.1) is 0 Å². The molecule has 0 saturated heterocycles. The Morgan fingerprint density at radius 2 is 1.94 bits per heavy atom. The summed E-state index contributed by atoms with van der Waals surface area (Å²) in [4.78, 5) is 25.4. The van der Waals surface area contributed by atoms with Gasteiger partial charge in [-0.1, -0.05) is 50.1 Å². The van der Waals surface area contributed by atoms with E-state index in [-0.39, 0.29) is 5.91 Å². The molecule has 0 fully saturated rings. The maximum atomic E-state index is 13.1. The molecule has 1 aliphatic heterocycles. The first kappa shape index (κ1) is 22.3. The molecule has 0 aliphatic carbocycles. The van der Waals surface area contributed by atoms with Crippen LogP contribution in [-0.2, 0) is 16.8 Å². The molecule has 1 N–H and O–H groups in total. The molecule has 3 aromatic rings. The molecule has 1 aromatic heterocycles. The fourth-order valence-electron chi connectivity index (χ4n) is 4.51. The Morgan fingerprint density at radius 1 is 1.12 bits per heavy atom. The van der Waals surface area contributed by atoms with E-state index in [1.54, 1.807) is 0 Å². The van der Waals surface area contributed by atoms with Gasteiger partial charge in [0.05, 0.1) is 22.1 Å². The number of anilines is 1. The number of amides is 1. The first-order valence-corrected chi connectivity index (χ1v) is 11.6. The Labute approximate surface area is 191 Å². The van der Waals surface area contributed by atoms with Crippen LogP contribution in [0.15, 0.2) is 36.4 Å². The molecule has 2 aromatic carbocycles. The van der Waals surface area contributed by atoms with Gasteiger partial charge in [-0.3, -0.25) is 4.79 Å². The van der Waals surface area contributed by atoms with Gasteiger partial charge in [0.25, 0.3) is 0 Å². The number of unbranched alkanes of at least 4 members (excludes halogenated alkanes) is 2. The van der Waals surface area contributed by atoms with E-state index >= 15 is 0 Å². The summed E-state index contributed by atoms with van der Waals surface area (Å²) in [6.07, 6.45) is 7.42. The number of carbonyl (C=O) groups is 1. The number of hydrogen-bond acceptors (Lipinski definition) is 3. The average Bonchev–Trinajstić information content (AvgIpc) is 3.22. The van der Waals surface area contributed by atoms with Crippen molar-refractivity contribution in [3.8, 4) is 0 Å². The molecule has 0 atom stereocenters. The smallest absolute Gasteiger partial charge is 0.237 e. The highest BCUT2D eigenvalue weighted by Crippen LogP contribution is 2.43. The number of fused-ring (bicyclic) bond motifs is 2. The Morgan fingerprint density at radius 3 is 2.69 bits per heavy atom. The van der Waals surface area contributed by atoms with Crippen LogP contribution in [0.5, 0.6) is 0 Å². The number of rotatable bonds is 8. The van der Waals surface area contributed by atoms with E-state index < -0.39 is 5.41 Å². The number of benzene rings is 2. The summed E-state index contributed by atoms with van der Waals surface area (Å²) in [7, 11) is 4.15. The van der Waals surface area contributed by atoms with Crippen molar-refractivity contribution in [1.29, 1.82) is 0 Å². The summed E-state index contributed by atoms with van der Waals surface area (Å²) >= 11 is 0. The molecule has 32 heavy (non-hydrogen) atoms. The Hall–Kier alpha value is -2.92. The Balaban J connectivity index is 1.62. The van der Waals surface area contributed by atoms with Crippen LogP contribution in [0.4, 0.5) is 5.69 Å². The monoisotopic (exact) mass is 430 g/mol. The van der Waals surface area contributed by atoms with E-state index in [4.69, 9.17) is 4.98 Å². The second-order valence-electron chi connectivity index (χ2n) is 9.61. The summed E-state index contributed by atoms with van der Waals surface area (Å²) in [6, 6.07) is 12.7. The van der Waals surface area contributed by atoms with Crippen molar-refractivity contribution in [1.82, 2.24) is 14.9 Å². The highest BCUT2D eigenvalue weighted by Gasteiger charge is 2.43. The van der Waals surface area contributed by atoms with E-state index in [1.165, 1.54) is 5.56 Å². The zero-order valence-corrected chi connectivity index (χ0v) is 19.9. The molecular formula is C27H34N4O. The zero-order chi connectivity index (χ0) is 22.9. The minimum absolute atomic E-state index is 0.189. The van der Waals surface area contributed by atoms with Gasteiger partial charge in [0.15, 0.2) is 0 Å². The Kier molecular flexibility index (Phi) is 6.20. The first-order chi connectivity index (χ1) is 15.3. The van der Waals surface area contributed by atoms with Crippen LogP contribution in [0.25, 0.3) is 23.2 Å². The third-order valence-electron chi connectivity index (χ3n) is 6.23. The lowest BCUT2D eigenvalue weighted by Gasteiger charge is -2.20. The summed E-state index contributed by atoms with van der Waals surface area (Å²) in [5.41, 5.74) is 5.90. The molecule has 1 amide bonds. The molecule has 1 aliphatic rings. The lowest BCUT2D eigenvalue weighted by atomic mass is 9.86. The molecular weight excluding hydrogens is 396 g/mol. The van der Waals surface area contributed by atoms with Gasteiger partial charge in [-0.05, 0) is 69.3 Å². The van der Waals surface area contributed by atoms with E-state index in [0.29, 0.717) is 0 Å². The SMILES string of the molecule is CCCCCN1C(=O)C(C)(C)c2cc3[nH]c(/C=C/c4cccc(CN(C)C)c4)nc3cc21. The molecule has 0 bridgehead atoms. The number of nitrogens with zero attached hydrogens (tertiary/aromatic N) is 3. The predicted octanol–water partition coefficient (Wildman–Crippen LogP) is 5.61. The zero-order valence-electron chi connectivity index (χ0n) is 19.9. The van der Waals surface area contributed by atoms with Gasteiger partial charge < -0.3 is 14.8 Å². The van der Waals surface area contributed by atoms with Crippen LogP contribution in [0.2, 0.25) is 0 Å². The summed E-state index contributed by atoms with van der Waals surface area (Å²) < 4.78 is 0. The molecule has 5 nitrogen and oxygen atoms in total. The number of aromatic nitrogens is 2. The van der Waals surface area contributed by atoms with Crippen LogP contribution in [0.3, 0.4) is 0 Å². The third-order valence-corrected chi connectivity index (χ3v) is 6.23. The van der Waals surface area contributed by atoms with E-state index in [2.05, 4.69) is 73.4 Å². The largest absolute Gasteiger partial charge is 0.338 e. The molecule has 168 valence electrons. The van der Waals surface area contributed by atoms with E-state index in [1.807, 2.05) is 24.8 Å². The highest BCUT2D eigenvalue weighted by molar-refractivity contribution is 6.09. The van der Waals surface area contributed by atoms with Crippen molar-refractivity contribution in [3.63, 3.8) is 0 Å². The molecule has 0 radical (unpaired) electrons. The van der Waals surface area contributed by atoms with Crippen LogP contribution < -0.4 is 4.90 Å².